The molecule has 0 aliphatic heterocycles. The van der Waals surface area contributed by atoms with Gasteiger partial charge in [0, 0.05) is 67.6 Å². The van der Waals surface area contributed by atoms with Gasteiger partial charge in [0.1, 0.15) is 0 Å². The van der Waals surface area contributed by atoms with Crippen molar-refractivity contribution in [2.24, 2.45) is 0 Å². The van der Waals surface area contributed by atoms with Gasteiger partial charge in [-0.3, -0.25) is 0 Å². The largest absolute Gasteiger partial charge is 0.500 e. The maximum atomic E-state index is 13.8. The summed E-state index contributed by atoms with van der Waals surface area (Å²) in [7, 11) is -4.71. The van der Waals surface area contributed by atoms with Gasteiger partial charge >= 0.3 is 113 Å². The summed E-state index contributed by atoms with van der Waals surface area (Å²) in [4.78, 5) is 0. The van der Waals surface area contributed by atoms with Gasteiger partial charge in [0.15, 0.2) is 0 Å². The summed E-state index contributed by atoms with van der Waals surface area (Å²) in [6, 6.07) is -3.20. The van der Waals surface area contributed by atoms with Crippen LogP contribution in [0.2, 0.25) is 12.1 Å². The number of hydrogen-bond donors (Lipinski definition) is 0. The predicted octanol–water partition coefficient (Wildman–Crippen LogP) is 13.6. The quantitative estimate of drug-likeness (QED) is 0.0709. The van der Waals surface area contributed by atoms with E-state index in [0.29, 0.717) is 42.7 Å². The fourth-order valence-electron chi connectivity index (χ4n) is 4.44. The van der Waals surface area contributed by atoms with Crippen molar-refractivity contribution in [3.05, 3.63) is 0 Å². The van der Waals surface area contributed by atoms with Crippen LogP contribution in [-0.4, -0.2) is 156 Å². The van der Waals surface area contributed by atoms with Crippen LogP contribution >= 0.6 is 0 Å². The van der Waals surface area contributed by atoms with Crippen LogP contribution in [0.3, 0.4) is 0 Å². The lowest BCUT2D eigenvalue weighted by Gasteiger charge is -2.43. The van der Waals surface area contributed by atoms with Crippen LogP contribution in [0.15, 0.2) is 0 Å². The van der Waals surface area contributed by atoms with Crippen LogP contribution in [0.25, 0.3) is 0 Å². The van der Waals surface area contributed by atoms with Crippen molar-refractivity contribution >= 4 is 17.6 Å². The Morgan fingerprint density at radius 2 is 0.357 bits per heavy atom. The smallest absolute Gasteiger partial charge is 0.377 e. The second-order valence-electron chi connectivity index (χ2n) is 12.9. The molecule has 0 aliphatic rings. The molecule has 0 N–H and O–H groups in total. The van der Waals surface area contributed by atoms with Gasteiger partial charge in [-0.1, -0.05) is 13.8 Å². The zero-order valence-corrected chi connectivity index (χ0v) is 37.1. The molecule has 0 amide bonds. The van der Waals surface area contributed by atoms with Gasteiger partial charge in [-0.05, 0) is 0 Å². The van der Waals surface area contributed by atoms with E-state index in [9.17, 15) is 149 Å². The predicted molar refractivity (Wildman–Crippen MR) is 165 cm³/mol. The lowest BCUT2D eigenvalue weighted by molar-refractivity contribution is -0.461. The highest BCUT2D eigenvalue weighted by atomic mass is 28.4. The minimum atomic E-state index is -8.65. The van der Waals surface area contributed by atoms with Crippen LogP contribution in [0, 0.1) is 0 Å². The van der Waals surface area contributed by atoms with E-state index in [-0.39, 0.29) is 0 Å². The molecule has 426 valence electrons. The monoisotopic (exact) mass is 1170 g/mol. The van der Waals surface area contributed by atoms with Crippen molar-refractivity contribution in [2.75, 3.05) is 42.7 Å². The zero-order valence-electron chi connectivity index (χ0n) is 35.1. The SMILES string of the molecule is CC.CO[Si](CCC(F)(F)C(F)(F)C(F)(F)C(F)(F)C(F)(F)C(F)(F)C(F)(F)C(F)(F)F)(OC)OC.CO[Si](CCC(F)(F)C(F)(F)C(F)(F)C(F)(F)C(F)(F)C(F)(F)C(F)(F)C(F)(F)F)(OC)OC. The summed E-state index contributed by atoms with van der Waals surface area (Å²) in [5.41, 5.74) is 0. The van der Waals surface area contributed by atoms with Crippen LogP contribution < -0.4 is 0 Å². The van der Waals surface area contributed by atoms with Gasteiger partial charge in [0.2, 0.25) is 0 Å². The highest BCUT2D eigenvalue weighted by Gasteiger charge is 2.97. The lowest BCUT2D eigenvalue weighted by atomic mass is 9.88. The standard InChI is InChI=1S/2C13H13F17O3Si.C2H6/c2*1-31-34(32-2,33-3)5-4-6(14,15)7(16,17)8(18,19)9(20,21)10(22,23)11(24,25)12(26,27)13(28,29)30;1-2/h2*4-5H2,1-3H3;1-2H3. The fraction of sp³-hybridized carbons (Fsp3) is 1.00. The Labute approximate surface area is 370 Å². The first kappa shape index (κ1) is 72.1. The lowest BCUT2D eigenvalue weighted by Crippen LogP contribution is -2.74. The van der Waals surface area contributed by atoms with Crippen molar-refractivity contribution < 1.29 is 176 Å². The van der Waals surface area contributed by atoms with Crippen molar-refractivity contribution in [1.82, 2.24) is 0 Å². The van der Waals surface area contributed by atoms with Gasteiger partial charge in [-0.15, -0.1) is 0 Å². The first-order valence-corrected chi connectivity index (χ1v) is 20.9. The number of hydrogen-bond acceptors (Lipinski definition) is 6. The fourth-order valence-corrected chi connectivity index (χ4v) is 7.90. The summed E-state index contributed by atoms with van der Waals surface area (Å²) in [6.45, 7) is 4.00. The molecule has 0 aromatic heterocycles. The van der Waals surface area contributed by atoms with E-state index in [1.807, 2.05) is 13.8 Å². The summed E-state index contributed by atoms with van der Waals surface area (Å²) in [6.07, 6.45) is -20.9. The minimum absolute atomic E-state index is 0.668. The molecular formula is C28H32F34O6Si2. The summed E-state index contributed by atoms with van der Waals surface area (Å²) in [5.74, 6) is -113. The van der Waals surface area contributed by atoms with Gasteiger partial charge in [-0.25, -0.2) is 0 Å². The zero-order chi connectivity index (χ0) is 58.1. The molecule has 70 heavy (non-hydrogen) atoms. The number of rotatable bonds is 24. The molecule has 0 spiro atoms. The van der Waals surface area contributed by atoms with Crippen molar-refractivity contribution in [3.63, 3.8) is 0 Å². The van der Waals surface area contributed by atoms with Crippen LogP contribution in [0.5, 0.6) is 0 Å². The maximum absolute atomic E-state index is 13.8. The number of halogens is 34. The Bertz CT molecular complexity index is 1510. The molecule has 0 aliphatic carbocycles. The highest BCUT2D eigenvalue weighted by Crippen LogP contribution is 2.66. The van der Waals surface area contributed by atoms with E-state index < -0.39 is 138 Å². The van der Waals surface area contributed by atoms with Gasteiger partial charge < -0.3 is 26.6 Å². The maximum Gasteiger partial charge on any atom is 0.500 e. The van der Waals surface area contributed by atoms with E-state index in [0.717, 1.165) is 0 Å². The first-order valence-electron chi connectivity index (χ1n) is 17.0. The Morgan fingerprint density at radius 3 is 0.486 bits per heavy atom. The van der Waals surface area contributed by atoms with Crippen LogP contribution in [0.4, 0.5) is 149 Å². The van der Waals surface area contributed by atoms with Gasteiger partial charge in [0.25, 0.3) is 0 Å². The van der Waals surface area contributed by atoms with Crippen molar-refractivity contribution in [1.29, 1.82) is 0 Å². The Kier molecular flexibility index (Phi) is 22.2. The minimum Gasteiger partial charge on any atom is -0.377 e. The molecule has 42 heteroatoms. The molecule has 0 saturated carbocycles. The van der Waals surface area contributed by atoms with Gasteiger partial charge in [-0.2, -0.15) is 149 Å². The molecular weight excluding hydrogens is 1130 g/mol. The molecule has 0 saturated heterocycles. The van der Waals surface area contributed by atoms with Crippen LogP contribution in [-0.2, 0) is 26.6 Å². The molecule has 0 radical (unpaired) electrons. The highest BCUT2D eigenvalue weighted by molar-refractivity contribution is 6.60. The molecule has 0 heterocycles. The molecule has 0 rings (SSSR count). The average Bonchev–Trinajstić information content (AvgIpc) is 3.21. The van der Waals surface area contributed by atoms with E-state index in [1.165, 1.54) is 0 Å². The topological polar surface area (TPSA) is 55.4 Å². The molecule has 6 nitrogen and oxygen atoms in total. The Balaban J connectivity index is -0.00000124. The van der Waals surface area contributed by atoms with E-state index in [2.05, 4.69) is 26.6 Å². The summed E-state index contributed by atoms with van der Waals surface area (Å²) < 4.78 is 474. The first-order chi connectivity index (χ1) is 30.3. The Morgan fingerprint density at radius 1 is 0.229 bits per heavy atom. The molecule has 0 bridgehead atoms. The second-order valence-corrected chi connectivity index (χ2v) is 19.1. The van der Waals surface area contributed by atoms with E-state index in [4.69, 9.17) is 0 Å². The van der Waals surface area contributed by atoms with Gasteiger partial charge in [0.05, 0.1) is 0 Å². The summed E-state index contributed by atoms with van der Waals surface area (Å²) in [5, 5.41) is 0. The third-order valence-corrected chi connectivity index (χ3v) is 14.4. The average molecular weight is 1170 g/mol. The van der Waals surface area contributed by atoms with E-state index in [1.54, 1.807) is 0 Å². The molecule has 0 aromatic carbocycles. The second kappa shape index (κ2) is 21.6. The third-order valence-electron chi connectivity index (χ3n) is 8.93. The van der Waals surface area contributed by atoms with Crippen molar-refractivity contribution in [2.45, 2.75) is 134 Å². The van der Waals surface area contributed by atoms with Crippen LogP contribution in [0.1, 0.15) is 26.7 Å². The van der Waals surface area contributed by atoms with E-state index >= 15 is 0 Å². The normalized spacial score (nSPS) is 15.9. The third kappa shape index (κ3) is 11.4. The Hall–Kier alpha value is -2.19. The van der Waals surface area contributed by atoms with Crippen molar-refractivity contribution in [3.8, 4) is 0 Å². The molecule has 0 fully saturated rings. The molecule has 0 unspecified atom stereocenters. The molecule has 0 atom stereocenters. The number of alkyl halides is 34. The summed E-state index contributed by atoms with van der Waals surface area (Å²) >= 11 is 0. The molecule has 0 aromatic rings.